The minimum atomic E-state index is -0.191. The van der Waals surface area contributed by atoms with E-state index in [1.165, 1.54) is 0 Å². The molecule has 4 nitrogen and oxygen atoms in total. The lowest BCUT2D eigenvalue weighted by Crippen LogP contribution is -2.08. The second-order valence-corrected chi connectivity index (χ2v) is 4.50. The van der Waals surface area contributed by atoms with Gasteiger partial charge in [-0.3, -0.25) is 0 Å². The van der Waals surface area contributed by atoms with Gasteiger partial charge in [-0.2, -0.15) is 0 Å². The number of H-pyrrole nitrogens is 2. The van der Waals surface area contributed by atoms with E-state index in [0.717, 1.165) is 21.1 Å². The van der Waals surface area contributed by atoms with Gasteiger partial charge in [-0.1, -0.05) is 6.92 Å². The zero-order valence-electron chi connectivity index (χ0n) is 8.30. The second kappa shape index (κ2) is 3.83. The monoisotopic (exact) mass is 269 g/mol. The van der Waals surface area contributed by atoms with Crippen LogP contribution in [-0.4, -0.2) is 16.5 Å². The smallest absolute Gasteiger partial charge is 0.323 e. The summed E-state index contributed by atoms with van der Waals surface area (Å²) in [5.41, 5.74) is 8.14. The molecule has 0 aliphatic rings. The van der Waals surface area contributed by atoms with Crippen LogP contribution >= 0.6 is 15.9 Å². The van der Waals surface area contributed by atoms with Crippen molar-refractivity contribution in [2.24, 2.45) is 5.73 Å². The maximum Gasteiger partial charge on any atom is 0.323 e. The molecule has 1 aromatic carbocycles. The second-order valence-electron chi connectivity index (χ2n) is 3.64. The van der Waals surface area contributed by atoms with Crippen molar-refractivity contribution in [2.45, 2.75) is 12.8 Å². The van der Waals surface area contributed by atoms with Gasteiger partial charge in [0.2, 0.25) is 0 Å². The Morgan fingerprint density at radius 1 is 1.47 bits per heavy atom. The Bertz CT molecular complexity index is 543. The van der Waals surface area contributed by atoms with E-state index in [0.29, 0.717) is 6.54 Å². The molecule has 15 heavy (non-hydrogen) atoms. The molecular weight excluding hydrogens is 258 g/mol. The Balaban J connectivity index is 2.66. The topological polar surface area (TPSA) is 74.7 Å². The fourth-order valence-corrected chi connectivity index (χ4v) is 2.12. The van der Waals surface area contributed by atoms with Gasteiger partial charge in [0.05, 0.1) is 11.0 Å². The van der Waals surface area contributed by atoms with E-state index in [2.05, 4.69) is 32.8 Å². The van der Waals surface area contributed by atoms with Crippen molar-refractivity contribution in [1.82, 2.24) is 9.97 Å². The van der Waals surface area contributed by atoms with E-state index in [1.54, 1.807) is 0 Å². The third-order valence-electron chi connectivity index (χ3n) is 2.52. The van der Waals surface area contributed by atoms with Gasteiger partial charge in [-0.05, 0) is 46.1 Å². The van der Waals surface area contributed by atoms with Crippen LogP contribution in [0.4, 0.5) is 0 Å². The zero-order valence-corrected chi connectivity index (χ0v) is 9.89. The molecule has 0 fully saturated rings. The van der Waals surface area contributed by atoms with Gasteiger partial charge in [-0.25, -0.2) is 4.79 Å². The van der Waals surface area contributed by atoms with Crippen LogP contribution in [-0.2, 0) is 0 Å². The summed E-state index contributed by atoms with van der Waals surface area (Å²) in [4.78, 5) is 16.6. The standard InChI is InChI=1S/C10H12BrN3O/c1-5(4-12)6-2-7(11)9-8(3-6)13-10(15)14-9/h2-3,5H,4,12H2,1H3,(H2,13,14,15). The number of fused-ring (bicyclic) bond motifs is 1. The van der Waals surface area contributed by atoms with Crippen molar-refractivity contribution in [3.05, 3.63) is 32.7 Å². The van der Waals surface area contributed by atoms with E-state index >= 15 is 0 Å². The van der Waals surface area contributed by atoms with E-state index in [4.69, 9.17) is 5.73 Å². The van der Waals surface area contributed by atoms with Crippen LogP contribution in [0.15, 0.2) is 21.4 Å². The molecule has 2 aromatic rings. The fraction of sp³-hybridized carbons (Fsp3) is 0.300. The first-order chi connectivity index (χ1) is 7.11. The molecule has 1 heterocycles. The Morgan fingerprint density at radius 3 is 2.87 bits per heavy atom. The Labute approximate surface area is 95.0 Å². The lowest BCUT2D eigenvalue weighted by atomic mass is 10.0. The summed E-state index contributed by atoms with van der Waals surface area (Å²) in [6, 6.07) is 3.94. The molecule has 0 aliphatic heterocycles. The van der Waals surface area contributed by atoms with Gasteiger partial charge in [0, 0.05) is 4.47 Å². The van der Waals surface area contributed by atoms with Crippen molar-refractivity contribution in [3.63, 3.8) is 0 Å². The Kier molecular flexibility index (Phi) is 2.67. The third-order valence-corrected chi connectivity index (χ3v) is 3.15. The maximum atomic E-state index is 11.1. The molecule has 1 aromatic heterocycles. The number of imidazole rings is 1. The highest BCUT2D eigenvalue weighted by molar-refractivity contribution is 9.10. The summed E-state index contributed by atoms with van der Waals surface area (Å²) in [6.45, 7) is 2.64. The van der Waals surface area contributed by atoms with Crippen LogP contribution in [0, 0.1) is 0 Å². The SMILES string of the molecule is CC(CN)c1cc(Br)c2[nH]c(=O)[nH]c2c1. The molecule has 0 amide bonds. The third kappa shape index (κ3) is 1.85. The number of rotatable bonds is 2. The zero-order chi connectivity index (χ0) is 11.0. The van der Waals surface area contributed by atoms with Crippen LogP contribution < -0.4 is 11.4 Å². The maximum absolute atomic E-state index is 11.1. The molecule has 80 valence electrons. The number of nitrogens with two attached hydrogens (primary N) is 1. The number of aromatic nitrogens is 2. The van der Waals surface area contributed by atoms with E-state index < -0.39 is 0 Å². The lowest BCUT2D eigenvalue weighted by Gasteiger charge is -2.09. The summed E-state index contributed by atoms with van der Waals surface area (Å²) in [6.07, 6.45) is 0. The van der Waals surface area contributed by atoms with E-state index in [1.807, 2.05) is 12.1 Å². The minimum absolute atomic E-state index is 0.191. The average Bonchev–Trinajstić information content (AvgIpc) is 2.58. The highest BCUT2D eigenvalue weighted by Gasteiger charge is 2.09. The number of aromatic amines is 2. The largest absolute Gasteiger partial charge is 0.330 e. The number of hydrogen-bond donors (Lipinski definition) is 3. The predicted molar refractivity (Wildman–Crippen MR) is 64.1 cm³/mol. The predicted octanol–water partition coefficient (Wildman–Crippen LogP) is 1.68. The summed E-state index contributed by atoms with van der Waals surface area (Å²) < 4.78 is 0.883. The summed E-state index contributed by atoms with van der Waals surface area (Å²) in [5, 5.41) is 0. The minimum Gasteiger partial charge on any atom is -0.330 e. The van der Waals surface area contributed by atoms with Crippen LogP contribution in [0.5, 0.6) is 0 Å². The molecule has 1 atom stereocenters. The quantitative estimate of drug-likeness (QED) is 0.776. The van der Waals surface area contributed by atoms with Gasteiger partial charge >= 0.3 is 5.69 Å². The summed E-state index contributed by atoms with van der Waals surface area (Å²) in [5.74, 6) is 0.282. The van der Waals surface area contributed by atoms with Crippen molar-refractivity contribution in [3.8, 4) is 0 Å². The molecule has 0 saturated carbocycles. The van der Waals surface area contributed by atoms with Crippen molar-refractivity contribution in [1.29, 1.82) is 0 Å². The highest BCUT2D eigenvalue weighted by atomic mass is 79.9. The number of nitrogens with one attached hydrogen (secondary N) is 2. The van der Waals surface area contributed by atoms with E-state index in [9.17, 15) is 4.79 Å². The summed E-state index contributed by atoms with van der Waals surface area (Å²) in [7, 11) is 0. The fourth-order valence-electron chi connectivity index (χ4n) is 1.54. The average molecular weight is 270 g/mol. The van der Waals surface area contributed by atoms with Crippen molar-refractivity contribution >= 4 is 27.0 Å². The first kappa shape index (κ1) is 10.4. The van der Waals surface area contributed by atoms with Crippen LogP contribution in [0.1, 0.15) is 18.4 Å². The molecule has 2 rings (SSSR count). The lowest BCUT2D eigenvalue weighted by molar-refractivity contribution is 0.774. The van der Waals surface area contributed by atoms with Gasteiger partial charge in [-0.15, -0.1) is 0 Å². The van der Waals surface area contributed by atoms with E-state index in [-0.39, 0.29) is 11.6 Å². The number of halogens is 1. The Morgan fingerprint density at radius 2 is 2.20 bits per heavy atom. The molecule has 0 bridgehead atoms. The molecule has 1 unspecified atom stereocenters. The van der Waals surface area contributed by atoms with Crippen LogP contribution in [0.2, 0.25) is 0 Å². The van der Waals surface area contributed by atoms with Gasteiger partial charge in [0.1, 0.15) is 0 Å². The molecule has 0 spiro atoms. The highest BCUT2D eigenvalue weighted by Crippen LogP contribution is 2.25. The first-order valence-electron chi connectivity index (χ1n) is 4.73. The van der Waals surface area contributed by atoms with Crippen molar-refractivity contribution < 1.29 is 0 Å². The summed E-state index contributed by atoms with van der Waals surface area (Å²) >= 11 is 3.43. The molecule has 5 heteroatoms. The van der Waals surface area contributed by atoms with Crippen LogP contribution in [0.3, 0.4) is 0 Å². The molecule has 0 aliphatic carbocycles. The normalized spacial score (nSPS) is 13.3. The van der Waals surface area contributed by atoms with Gasteiger partial charge in [0.25, 0.3) is 0 Å². The molecule has 0 radical (unpaired) electrons. The first-order valence-corrected chi connectivity index (χ1v) is 5.52. The van der Waals surface area contributed by atoms with Gasteiger partial charge in [0.15, 0.2) is 0 Å². The van der Waals surface area contributed by atoms with Crippen molar-refractivity contribution in [2.75, 3.05) is 6.54 Å². The van der Waals surface area contributed by atoms with Crippen LogP contribution in [0.25, 0.3) is 11.0 Å². The molecule has 4 N–H and O–H groups in total. The number of benzene rings is 1. The molecule has 0 saturated heterocycles. The number of hydrogen-bond acceptors (Lipinski definition) is 2. The van der Waals surface area contributed by atoms with Gasteiger partial charge < -0.3 is 15.7 Å². The molecular formula is C10H12BrN3O. The Hall–Kier alpha value is -1.07.